The Labute approximate surface area is 271 Å². The molecule has 1 aliphatic heterocycles. The Balaban J connectivity index is 1.40. The second kappa shape index (κ2) is 12.8. The molecule has 1 aromatic heterocycles. The molecule has 1 atom stereocenters. The average Bonchev–Trinajstić information content (AvgIpc) is 3.36. The third-order valence-electron chi connectivity index (χ3n) is 7.57. The minimum atomic E-state index is -0.642. The van der Waals surface area contributed by atoms with E-state index in [1.165, 1.54) is 18.4 Å². The van der Waals surface area contributed by atoms with Crippen molar-refractivity contribution in [2.75, 3.05) is 14.2 Å². The average molecular weight is 717 g/mol. The lowest BCUT2D eigenvalue weighted by atomic mass is 9.95. The zero-order valence-electron chi connectivity index (χ0n) is 24.4. The Hall–Kier alpha value is -4.22. The maximum Gasteiger partial charge on any atom is 0.338 e. The lowest BCUT2D eigenvalue weighted by Gasteiger charge is -2.25. The van der Waals surface area contributed by atoms with Gasteiger partial charge in [0.15, 0.2) is 16.3 Å². The number of carbonyl (C=O) groups excluding carboxylic acids is 1. The SMILES string of the molecule is CCC1=C(C(=O)OC)[C@H](c2ccccc2)n2c(s/c(=C\c3cc(I)c(OCc4cccc5ccccc45)c(OC)c3)c2=O)=N1. The van der Waals surface area contributed by atoms with Gasteiger partial charge in [-0.3, -0.25) is 9.36 Å². The third-order valence-corrected chi connectivity index (χ3v) is 9.35. The van der Waals surface area contributed by atoms with Crippen LogP contribution < -0.4 is 24.4 Å². The standard InChI is InChI=1S/C35H29IN2O5S/c1-4-27-30(34(40)42-3)31(23-12-6-5-7-13-23)38-33(39)29(44-35(38)37-27)19-21-17-26(36)32(28(18-21)41-2)43-20-24-15-10-14-22-11-8-9-16-25(22)24/h5-19,31H,4,20H2,1-3H3/b29-19-/t31-/m0/s1. The summed E-state index contributed by atoms with van der Waals surface area (Å²) >= 11 is 3.53. The van der Waals surface area contributed by atoms with Gasteiger partial charge in [0, 0.05) is 0 Å². The van der Waals surface area contributed by atoms with Crippen molar-refractivity contribution in [1.29, 1.82) is 0 Å². The number of hydrogen-bond donors (Lipinski definition) is 0. The first-order chi connectivity index (χ1) is 21.4. The molecule has 0 amide bonds. The Kier molecular flexibility index (Phi) is 8.67. The monoisotopic (exact) mass is 716 g/mol. The maximum absolute atomic E-state index is 14.0. The minimum Gasteiger partial charge on any atom is -0.493 e. The van der Waals surface area contributed by atoms with Crippen LogP contribution in [-0.4, -0.2) is 24.8 Å². The zero-order valence-corrected chi connectivity index (χ0v) is 27.3. The quantitative estimate of drug-likeness (QED) is 0.143. The summed E-state index contributed by atoms with van der Waals surface area (Å²) in [7, 11) is 2.95. The number of allylic oxidation sites excluding steroid dienone is 1. The van der Waals surface area contributed by atoms with Crippen LogP contribution in [0.15, 0.2) is 106 Å². The van der Waals surface area contributed by atoms with Crippen molar-refractivity contribution in [2.24, 2.45) is 4.99 Å². The van der Waals surface area contributed by atoms with Gasteiger partial charge in [-0.1, -0.05) is 91.1 Å². The van der Waals surface area contributed by atoms with Crippen LogP contribution in [0, 0.1) is 3.57 Å². The number of carbonyl (C=O) groups is 1. The van der Waals surface area contributed by atoms with Crippen molar-refractivity contribution in [2.45, 2.75) is 26.0 Å². The molecule has 1 aliphatic rings. The van der Waals surface area contributed by atoms with Crippen molar-refractivity contribution in [1.82, 2.24) is 4.57 Å². The van der Waals surface area contributed by atoms with E-state index < -0.39 is 12.0 Å². The summed E-state index contributed by atoms with van der Waals surface area (Å²) < 4.78 is 20.1. The number of nitrogens with zero attached hydrogens (tertiary/aromatic N) is 2. The van der Waals surface area contributed by atoms with Gasteiger partial charge in [0.25, 0.3) is 5.56 Å². The number of rotatable bonds is 8. The van der Waals surface area contributed by atoms with E-state index in [9.17, 15) is 9.59 Å². The van der Waals surface area contributed by atoms with Crippen LogP contribution in [0.4, 0.5) is 0 Å². The number of fused-ring (bicyclic) bond motifs is 2. The van der Waals surface area contributed by atoms with Crippen molar-refractivity contribution < 1.29 is 19.0 Å². The molecular formula is C35H29IN2O5S. The molecule has 0 N–H and O–H groups in total. The lowest BCUT2D eigenvalue weighted by molar-refractivity contribution is -0.136. The van der Waals surface area contributed by atoms with Crippen molar-refractivity contribution in [3.8, 4) is 11.5 Å². The first kappa shape index (κ1) is 29.8. The van der Waals surface area contributed by atoms with Crippen molar-refractivity contribution in [3.05, 3.63) is 136 Å². The second-order valence-corrected chi connectivity index (χ2v) is 12.3. The smallest absolute Gasteiger partial charge is 0.338 e. The van der Waals surface area contributed by atoms with Gasteiger partial charge in [-0.05, 0) is 74.7 Å². The Morgan fingerprint density at radius 3 is 2.52 bits per heavy atom. The molecule has 4 aromatic carbocycles. The Morgan fingerprint density at radius 2 is 1.77 bits per heavy atom. The van der Waals surface area contributed by atoms with Crippen molar-refractivity contribution >= 4 is 56.7 Å². The van der Waals surface area contributed by atoms with E-state index in [0.717, 1.165) is 31.0 Å². The minimum absolute atomic E-state index is 0.232. The number of esters is 1. The van der Waals surface area contributed by atoms with E-state index in [4.69, 9.17) is 19.2 Å². The summed E-state index contributed by atoms with van der Waals surface area (Å²) in [5.74, 6) is 0.714. The first-order valence-corrected chi connectivity index (χ1v) is 16.0. The molecule has 0 fully saturated rings. The van der Waals surface area contributed by atoms with Gasteiger partial charge >= 0.3 is 5.97 Å². The van der Waals surface area contributed by atoms with Crippen LogP contribution in [0.25, 0.3) is 16.8 Å². The highest BCUT2D eigenvalue weighted by Crippen LogP contribution is 2.36. The van der Waals surface area contributed by atoms with Crippen LogP contribution in [0.2, 0.25) is 0 Å². The Bertz CT molecular complexity index is 2090. The van der Waals surface area contributed by atoms with Gasteiger partial charge in [0.1, 0.15) is 6.61 Å². The molecule has 44 heavy (non-hydrogen) atoms. The van der Waals surface area contributed by atoms with E-state index in [-0.39, 0.29) is 5.56 Å². The van der Waals surface area contributed by atoms with E-state index in [1.54, 1.807) is 11.7 Å². The molecule has 0 unspecified atom stereocenters. The summed E-state index contributed by atoms with van der Waals surface area (Å²) in [6.45, 7) is 2.32. The van der Waals surface area contributed by atoms with Gasteiger partial charge < -0.3 is 14.2 Å². The molecule has 0 saturated heterocycles. The van der Waals surface area contributed by atoms with E-state index in [2.05, 4.69) is 46.9 Å². The van der Waals surface area contributed by atoms with E-state index >= 15 is 0 Å². The highest BCUT2D eigenvalue weighted by molar-refractivity contribution is 14.1. The third kappa shape index (κ3) is 5.57. The largest absolute Gasteiger partial charge is 0.493 e. The van der Waals surface area contributed by atoms with Crippen LogP contribution in [0.5, 0.6) is 11.5 Å². The highest BCUT2D eigenvalue weighted by Gasteiger charge is 2.33. The number of methoxy groups -OCH3 is 2. The summed E-state index contributed by atoms with van der Waals surface area (Å²) in [6, 6.07) is 27.1. The molecule has 7 nitrogen and oxygen atoms in total. The number of benzene rings is 4. The highest BCUT2D eigenvalue weighted by atomic mass is 127. The topological polar surface area (TPSA) is 79.1 Å². The molecule has 0 bridgehead atoms. The molecule has 0 aliphatic carbocycles. The predicted molar refractivity (Wildman–Crippen MR) is 181 cm³/mol. The maximum atomic E-state index is 14.0. The summed E-state index contributed by atoms with van der Waals surface area (Å²) in [5, 5.41) is 2.30. The second-order valence-electron chi connectivity index (χ2n) is 10.2. The molecule has 0 radical (unpaired) electrons. The molecule has 0 spiro atoms. The van der Waals surface area contributed by atoms with Crippen LogP contribution in [0.1, 0.15) is 36.1 Å². The molecule has 9 heteroatoms. The normalized spacial score (nSPS) is 14.7. The van der Waals surface area contributed by atoms with Gasteiger partial charge in [-0.15, -0.1) is 0 Å². The van der Waals surface area contributed by atoms with Crippen LogP contribution >= 0.6 is 33.9 Å². The van der Waals surface area contributed by atoms with Gasteiger partial charge in [-0.25, -0.2) is 9.79 Å². The van der Waals surface area contributed by atoms with Crippen LogP contribution in [-0.2, 0) is 16.1 Å². The fourth-order valence-electron chi connectivity index (χ4n) is 5.50. The first-order valence-electron chi connectivity index (χ1n) is 14.1. The number of aromatic nitrogens is 1. The molecule has 5 aromatic rings. The predicted octanol–water partition coefficient (Wildman–Crippen LogP) is 6.14. The molecule has 222 valence electrons. The van der Waals surface area contributed by atoms with Gasteiger partial charge in [-0.2, -0.15) is 0 Å². The fraction of sp³-hybridized carbons (Fsp3) is 0.171. The lowest BCUT2D eigenvalue weighted by Crippen LogP contribution is -2.40. The summed E-state index contributed by atoms with van der Waals surface area (Å²) in [6.07, 6.45) is 2.35. The molecular weight excluding hydrogens is 687 g/mol. The van der Waals surface area contributed by atoms with Gasteiger partial charge in [0.05, 0.1) is 39.6 Å². The number of hydrogen-bond acceptors (Lipinski definition) is 7. The number of ether oxygens (including phenoxy) is 3. The molecule has 0 saturated carbocycles. The van der Waals surface area contributed by atoms with Crippen LogP contribution in [0.3, 0.4) is 0 Å². The number of thiazole rings is 1. The summed E-state index contributed by atoms with van der Waals surface area (Å²) in [5.41, 5.74) is 3.44. The Morgan fingerprint density at radius 1 is 1.02 bits per heavy atom. The molecule has 2 heterocycles. The zero-order chi connectivity index (χ0) is 30.8. The van der Waals surface area contributed by atoms with E-state index in [0.29, 0.717) is 45.1 Å². The van der Waals surface area contributed by atoms with Gasteiger partial charge in [0.2, 0.25) is 0 Å². The van der Waals surface area contributed by atoms with E-state index in [1.807, 2.05) is 73.7 Å². The number of halogens is 1. The fourth-order valence-corrected chi connectivity index (χ4v) is 7.30. The summed E-state index contributed by atoms with van der Waals surface area (Å²) in [4.78, 5) is 32.3. The molecule has 6 rings (SSSR count). The van der Waals surface area contributed by atoms with Crippen molar-refractivity contribution in [3.63, 3.8) is 0 Å².